The molecule has 0 bridgehead atoms. The summed E-state index contributed by atoms with van der Waals surface area (Å²) in [5.74, 6) is -1.81. The van der Waals surface area contributed by atoms with Gasteiger partial charge in [0.2, 0.25) is 11.8 Å². The van der Waals surface area contributed by atoms with Crippen LogP contribution < -0.4 is 16.0 Å². The lowest BCUT2D eigenvalue weighted by Gasteiger charge is -2.22. The molecule has 3 amide bonds. The zero-order valence-corrected chi connectivity index (χ0v) is 28.7. The second-order valence-electron chi connectivity index (χ2n) is 12.8. The van der Waals surface area contributed by atoms with E-state index in [1.807, 2.05) is 41.5 Å². The van der Waals surface area contributed by atoms with Crippen LogP contribution in [0.5, 0.6) is 0 Å². The van der Waals surface area contributed by atoms with Gasteiger partial charge in [-0.15, -0.1) is 0 Å². The number of hydrogen-bond acceptors (Lipinski definition) is 9. The maximum absolute atomic E-state index is 12.9. The Bertz CT molecular complexity index is 1080. The van der Waals surface area contributed by atoms with Crippen LogP contribution in [0, 0.1) is 17.3 Å². The van der Waals surface area contributed by atoms with Crippen molar-refractivity contribution in [1.82, 2.24) is 10.6 Å². The zero-order valence-electron chi connectivity index (χ0n) is 28.7. The van der Waals surface area contributed by atoms with Gasteiger partial charge in [-0.05, 0) is 48.8 Å². The van der Waals surface area contributed by atoms with E-state index < -0.39 is 24.0 Å². The predicted molar refractivity (Wildman–Crippen MR) is 175 cm³/mol. The molecule has 1 aromatic rings. The average molecular weight is 650 g/mol. The molecule has 2 atom stereocenters. The summed E-state index contributed by atoms with van der Waals surface area (Å²) in [6.45, 7) is 15.8. The highest BCUT2D eigenvalue weighted by molar-refractivity contribution is 5.97. The maximum Gasteiger partial charge on any atom is 0.407 e. The van der Waals surface area contributed by atoms with Crippen LogP contribution in [0.3, 0.4) is 0 Å². The summed E-state index contributed by atoms with van der Waals surface area (Å²) in [4.78, 5) is 61.9. The number of amides is 3. The molecule has 1 rings (SSSR count). The molecule has 0 spiro atoms. The third kappa shape index (κ3) is 19.1. The van der Waals surface area contributed by atoms with E-state index in [9.17, 15) is 24.0 Å². The monoisotopic (exact) mass is 649 g/mol. The van der Waals surface area contributed by atoms with E-state index in [4.69, 9.17) is 18.9 Å². The Hall–Kier alpha value is -3.51. The molecule has 0 aliphatic rings. The molecule has 0 heterocycles. The van der Waals surface area contributed by atoms with Crippen LogP contribution in [0.25, 0.3) is 0 Å². The number of rotatable bonds is 22. The van der Waals surface area contributed by atoms with E-state index in [1.54, 1.807) is 31.2 Å². The van der Waals surface area contributed by atoms with Crippen LogP contribution in [0.15, 0.2) is 24.3 Å². The fraction of sp³-hybridized carbons (Fsp3) is 0.676. The van der Waals surface area contributed by atoms with Gasteiger partial charge >= 0.3 is 12.1 Å². The summed E-state index contributed by atoms with van der Waals surface area (Å²) in [5.41, 5.74) is 1.12. The number of esters is 1. The number of nitrogens with one attached hydrogen (secondary N) is 3. The largest absolute Gasteiger partial charge is 0.465 e. The summed E-state index contributed by atoms with van der Waals surface area (Å²) in [6.07, 6.45) is 1.26. The topological polar surface area (TPSA) is 158 Å². The van der Waals surface area contributed by atoms with Gasteiger partial charge in [-0.25, -0.2) is 4.79 Å². The molecule has 1 aromatic carbocycles. The van der Waals surface area contributed by atoms with E-state index in [1.165, 1.54) is 0 Å². The standard InChI is InChI=1S/C34H55N3O9/c1-8-17-43-19-20-44-18-15-28(38)21-29(24(2)3)32(41)36-25(4)31(40)37-27-13-11-26(12-14-27)22-45-33(42)35-16-9-10-30(39)46-23-34(5,6)7/h11-14,24-25,29H,8-10,15-23H2,1-7H3,(H,35,42)(H,36,41)(H,37,40)/t25-,29-/m0/s1. The van der Waals surface area contributed by atoms with Gasteiger partial charge < -0.3 is 34.9 Å². The molecule has 3 N–H and O–H groups in total. The van der Waals surface area contributed by atoms with Crippen molar-refractivity contribution in [2.75, 3.05) is 44.9 Å². The van der Waals surface area contributed by atoms with Crippen molar-refractivity contribution >= 4 is 35.3 Å². The molecule has 260 valence electrons. The van der Waals surface area contributed by atoms with Gasteiger partial charge in [-0.1, -0.05) is 53.7 Å². The lowest BCUT2D eigenvalue weighted by Crippen LogP contribution is -2.45. The van der Waals surface area contributed by atoms with Gasteiger partial charge in [-0.2, -0.15) is 0 Å². The van der Waals surface area contributed by atoms with Crippen molar-refractivity contribution < 1.29 is 42.9 Å². The molecule has 0 saturated carbocycles. The summed E-state index contributed by atoms with van der Waals surface area (Å²) in [5, 5.41) is 8.08. The van der Waals surface area contributed by atoms with Crippen LogP contribution in [0.1, 0.15) is 86.1 Å². The first-order valence-corrected chi connectivity index (χ1v) is 16.2. The summed E-state index contributed by atoms with van der Waals surface area (Å²) in [7, 11) is 0. The minimum absolute atomic E-state index is 0.0228. The highest BCUT2D eigenvalue weighted by Crippen LogP contribution is 2.18. The molecule has 0 aliphatic carbocycles. The quantitative estimate of drug-likeness (QED) is 0.119. The van der Waals surface area contributed by atoms with Crippen molar-refractivity contribution in [2.24, 2.45) is 17.3 Å². The van der Waals surface area contributed by atoms with E-state index in [2.05, 4.69) is 16.0 Å². The van der Waals surface area contributed by atoms with Crippen molar-refractivity contribution in [1.29, 1.82) is 0 Å². The Morgan fingerprint density at radius 1 is 0.826 bits per heavy atom. The van der Waals surface area contributed by atoms with Gasteiger partial charge in [0.05, 0.1) is 26.4 Å². The summed E-state index contributed by atoms with van der Waals surface area (Å²) < 4.78 is 21.2. The van der Waals surface area contributed by atoms with Crippen molar-refractivity contribution in [2.45, 2.75) is 93.2 Å². The van der Waals surface area contributed by atoms with E-state index in [0.29, 0.717) is 44.1 Å². The van der Waals surface area contributed by atoms with Crippen LogP contribution in [0.4, 0.5) is 10.5 Å². The van der Waals surface area contributed by atoms with Gasteiger partial charge in [0, 0.05) is 44.0 Å². The molecule has 0 saturated heterocycles. The molecule has 46 heavy (non-hydrogen) atoms. The molecule has 0 aromatic heterocycles. The molecule has 12 heteroatoms. The third-order valence-electron chi connectivity index (χ3n) is 6.67. The number of carbonyl (C=O) groups excluding carboxylic acids is 5. The number of benzene rings is 1. The average Bonchev–Trinajstić information content (AvgIpc) is 2.99. The molecular weight excluding hydrogens is 594 g/mol. The minimum Gasteiger partial charge on any atom is -0.465 e. The van der Waals surface area contributed by atoms with Gasteiger partial charge in [-0.3, -0.25) is 19.2 Å². The maximum atomic E-state index is 12.9. The number of Topliss-reactive ketones (excluding diaryl/α,β-unsaturated/α-hetero) is 1. The Morgan fingerprint density at radius 3 is 2.09 bits per heavy atom. The van der Waals surface area contributed by atoms with E-state index >= 15 is 0 Å². The SMILES string of the molecule is CCCOCCOCCC(=O)C[C@H](C(=O)N[C@@H](C)C(=O)Nc1ccc(COC(=O)NCCCC(=O)OCC(C)(C)C)cc1)C(C)C. The fourth-order valence-corrected chi connectivity index (χ4v) is 3.94. The summed E-state index contributed by atoms with van der Waals surface area (Å²) >= 11 is 0. The van der Waals surface area contributed by atoms with Gasteiger partial charge in [0.15, 0.2) is 0 Å². The first-order valence-electron chi connectivity index (χ1n) is 16.2. The molecule has 0 aliphatic heterocycles. The smallest absolute Gasteiger partial charge is 0.407 e. The molecule has 0 fully saturated rings. The Balaban J connectivity index is 2.39. The van der Waals surface area contributed by atoms with Crippen LogP contribution >= 0.6 is 0 Å². The third-order valence-corrected chi connectivity index (χ3v) is 6.67. The predicted octanol–water partition coefficient (Wildman–Crippen LogP) is 4.79. The Kier molecular flexibility index (Phi) is 19.5. The van der Waals surface area contributed by atoms with Crippen LogP contribution in [-0.2, 0) is 44.7 Å². The van der Waals surface area contributed by atoms with Gasteiger partial charge in [0.25, 0.3) is 0 Å². The number of hydrogen-bond donors (Lipinski definition) is 3. The highest BCUT2D eigenvalue weighted by Gasteiger charge is 2.27. The lowest BCUT2D eigenvalue weighted by molar-refractivity contribution is -0.146. The second kappa shape index (κ2) is 22.1. The normalized spacial score (nSPS) is 12.6. The lowest BCUT2D eigenvalue weighted by atomic mass is 9.89. The first kappa shape index (κ1) is 40.5. The number of anilines is 1. The van der Waals surface area contributed by atoms with Gasteiger partial charge in [0.1, 0.15) is 18.4 Å². The Labute approximate surface area is 274 Å². The molecule has 0 radical (unpaired) electrons. The first-order chi connectivity index (χ1) is 21.7. The van der Waals surface area contributed by atoms with Crippen molar-refractivity contribution in [3.05, 3.63) is 29.8 Å². The molecule has 12 nitrogen and oxygen atoms in total. The minimum atomic E-state index is -0.831. The van der Waals surface area contributed by atoms with Crippen LogP contribution in [0.2, 0.25) is 0 Å². The molecular formula is C34H55N3O9. The number of ketones is 1. The number of ether oxygens (including phenoxy) is 4. The molecule has 0 unspecified atom stereocenters. The Morgan fingerprint density at radius 2 is 1.48 bits per heavy atom. The van der Waals surface area contributed by atoms with Crippen LogP contribution in [-0.4, -0.2) is 75.3 Å². The van der Waals surface area contributed by atoms with Crippen molar-refractivity contribution in [3.63, 3.8) is 0 Å². The fourth-order valence-electron chi connectivity index (χ4n) is 3.94. The second-order valence-corrected chi connectivity index (χ2v) is 12.8. The van der Waals surface area contributed by atoms with Crippen molar-refractivity contribution in [3.8, 4) is 0 Å². The van der Waals surface area contributed by atoms with E-state index in [-0.39, 0.29) is 68.0 Å². The van der Waals surface area contributed by atoms with E-state index in [0.717, 1.165) is 6.42 Å². The number of alkyl carbamates (subject to hydrolysis) is 1. The zero-order chi connectivity index (χ0) is 34.5. The number of carbonyl (C=O) groups is 5. The summed E-state index contributed by atoms with van der Waals surface area (Å²) in [6, 6.07) is 5.92. The highest BCUT2D eigenvalue weighted by atomic mass is 16.5.